The largest absolute Gasteiger partial charge is 0.493 e. The third-order valence-corrected chi connectivity index (χ3v) is 7.02. The summed E-state index contributed by atoms with van der Waals surface area (Å²) in [6, 6.07) is 0.545. The van der Waals surface area contributed by atoms with Crippen LogP contribution in [0, 0.1) is 5.92 Å². The molecule has 1 N–H and O–H groups in total. The fraction of sp³-hybridized carbons (Fsp3) is 0.724. The summed E-state index contributed by atoms with van der Waals surface area (Å²) < 4.78 is 34.2. The van der Waals surface area contributed by atoms with E-state index >= 15 is 0 Å². The van der Waals surface area contributed by atoms with Crippen LogP contribution in [0.5, 0.6) is 11.5 Å². The lowest BCUT2D eigenvalue weighted by molar-refractivity contribution is -0.173. The Morgan fingerprint density at radius 1 is 1.12 bits per heavy atom. The fourth-order valence-electron chi connectivity index (χ4n) is 4.96. The van der Waals surface area contributed by atoms with Gasteiger partial charge in [-0.3, -0.25) is 9.59 Å². The molecule has 1 saturated heterocycles. The minimum Gasteiger partial charge on any atom is -0.493 e. The smallest absolute Gasteiger partial charge is 0.329 e. The molecule has 2 aliphatic rings. The number of ether oxygens (including phenoxy) is 6. The van der Waals surface area contributed by atoms with Gasteiger partial charge in [0.2, 0.25) is 5.75 Å². The van der Waals surface area contributed by atoms with Gasteiger partial charge in [-0.25, -0.2) is 9.78 Å². The Kier molecular flexibility index (Phi) is 12.6. The predicted molar refractivity (Wildman–Crippen MR) is 145 cm³/mol. The van der Waals surface area contributed by atoms with Crippen LogP contribution in [0.2, 0.25) is 0 Å². The first-order chi connectivity index (χ1) is 19.2. The van der Waals surface area contributed by atoms with Crippen molar-refractivity contribution in [2.45, 2.75) is 103 Å². The van der Waals surface area contributed by atoms with E-state index in [9.17, 15) is 14.4 Å². The summed E-state index contributed by atoms with van der Waals surface area (Å²) in [4.78, 5) is 43.0. The summed E-state index contributed by atoms with van der Waals surface area (Å²) in [7, 11) is 2.86. The zero-order chi connectivity index (χ0) is 29.1. The third kappa shape index (κ3) is 9.14. The summed E-state index contributed by atoms with van der Waals surface area (Å²) >= 11 is 0. The molecule has 224 valence electrons. The van der Waals surface area contributed by atoms with E-state index in [1.165, 1.54) is 26.5 Å². The van der Waals surface area contributed by atoms with E-state index in [-0.39, 0.29) is 42.4 Å². The van der Waals surface area contributed by atoms with E-state index in [0.29, 0.717) is 31.8 Å². The van der Waals surface area contributed by atoms with Gasteiger partial charge in [-0.05, 0) is 44.9 Å². The van der Waals surface area contributed by atoms with Crippen LogP contribution < -0.4 is 14.8 Å². The van der Waals surface area contributed by atoms with Gasteiger partial charge in [0.05, 0.1) is 32.3 Å². The number of rotatable bonds is 12. The molecule has 2 fully saturated rings. The lowest BCUT2D eigenvalue weighted by Crippen LogP contribution is -2.46. The van der Waals surface area contributed by atoms with Crippen LogP contribution >= 0.6 is 0 Å². The van der Waals surface area contributed by atoms with Crippen molar-refractivity contribution in [3.8, 4) is 11.5 Å². The number of methoxy groups -OCH3 is 2. The molecule has 4 atom stereocenters. The highest BCUT2D eigenvalue weighted by atomic mass is 16.6. The minimum atomic E-state index is -0.934. The van der Waals surface area contributed by atoms with Crippen LogP contribution in [0.25, 0.3) is 0 Å². The fourth-order valence-corrected chi connectivity index (χ4v) is 4.96. The molecule has 1 aliphatic heterocycles. The number of pyridine rings is 1. The first kappa shape index (κ1) is 31.8. The molecule has 1 aromatic rings. The van der Waals surface area contributed by atoms with Crippen molar-refractivity contribution < 1.29 is 42.8 Å². The Morgan fingerprint density at radius 2 is 1.88 bits per heavy atom. The summed E-state index contributed by atoms with van der Waals surface area (Å²) in [6.07, 6.45) is 6.24. The second-order valence-corrected chi connectivity index (χ2v) is 10.8. The highest BCUT2D eigenvalue weighted by Crippen LogP contribution is 2.31. The van der Waals surface area contributed by atoms with Gasteiger partial charge >= 0.3 is 11.9 Å². The maximum atomic E-state index is 13.3. The number of hydrogen-bond donors (Lipinski definition) is 1. The molecule has 1 aliphatic carbocycles. The van der Waals surface area contributed by atoms with Gasteiger partial charge in [0.25, 0.3) is 5.91 Å². The van der Waals surface area contributed by atoms with Crippen molar-refractivity contribution in [3.63, 3.8) is 0 Å². The van der Waals surface area contributed by atoms with E-state index in [0.717, 1.165) is 25.7 Å². The van der Waals surface area contributed by atoms with Crippen LogP contribution in [-0.4, -0.2) is 80.7 Å². The Morgan fingerprint density at radius 3 is 2.55 bits per heavy atom. The van der Waals surface area contributed by atoms with Gasteiger partial charge < -0.3 is 33.7 Å². The number of carbonyl (C=O) groups is 3. The molecule has 0 bridgehead atoms. The van der Waals surface area contributed by atoms with E-state index < -0.39 is 36.1 Å². The van der Waals surface area contributed by atoms with Crippen LogP contribution in [0.4, 0.5) is 0 Å². The SMILES string of the molecule is COCCC(=O)Oc1c(OC)ccnc1C(=O)NC1CCCC(OC2CCCC2)C(OCC(C)C)C(C)OC1=O. The molecular weight excluding hydrogens is 520 g/mol. The third-order valence-electron chi connectivity index (χ3n) is 7.02. The number of esters is 2. The number of nitrogens with zero attached hydrogens (tertiary/aromatic N) is 1. The number of amides is 1. The van der Waals surface area contributed by atoms with Gasteiger partial charge in [-0.1, -0.05) is 26.7 Å². The highest BCUT2D eigenvalue weighted by molar-refractivity contribution is 5.98. The number of carbonyl (C=O) groups excluding carboxylic acids is 3. The van der Waals surface area contributed by atoms with Gasteiger partial charge in [-0.2, -0.15) is 0 Å². The maximum absolute atomic E-state index is 13.3. The molecule has 2 heterocycles. The topological polar surface area (TPSA) is 132 Å². The number of aromatic nitrogens is 1. The van der Waals surface area contributed by atoms with Crippen molar-refractivity contribution in [3.05, 3.63) is 18.0 Å². The first-order valence-corrected chi connectivity index (χ1v) is 14.2. The Bertz CT molecular complexity index is 980. The quantitative estimate of drug-likeness (QED) is 0.376. The minimum absolute atomic E-state index is 0.0212. The molecule has 0 aromatic carbocycles. The normalized spacial score (nSPS) is 24.1. The molecule has 0 spiro atoms. The first-order valence-electron chi connectivity index (χ1n) is 14.2. The second kappa shape index (κ2) is 15.9. The maximum Gasteiger partial charge on any atom is 0.329 e. The van der Waals surface area contributed by atoms with E-state index in [2.05, 4.69) is 24.1 Å². The average molecular weight is 565 g/mol. The van der Waals surface area contributed by atoms with Crippen molar-refractivity contribution in [2.75, 3.05) is 27.4 Å². The predicted octanol–water partition coefficient (Wildman–Crippen LogP) is 3.62. The Labute approximate surface area is 236 Å². The van der Waals surface area contributed by atoms with Gasteiger partial charge in [-0.15, -0.1) is 0 Å². The average Bonchev–Trinajstić information content (AvgIpc) is 3.44. The van der Waals surface area contributed by atoms with E-state index in [4.69, 9.17) is 28.4 Å². The van der Waals surface area contributed by atoms with Crippen molar-refractivity contribution in [1.82, 2.24) is 10.3 Å². The molecule has 1 saturated carbocycles. The standard InChI is InChI=1S/C29H44N2O9/c1-18(2)17-37-26-19(3)38-29(34)21(11-8-12-23(26)39-20-9-6-7-10-20)31-28(33)25-27(22(36-5)13-15-30-25)40-24(32)14-16-35-4/h13,15,18-21,23,26H,6-12,14,16-17H2,1-5H3,(H,31,33). The monoisotopic (exact) mass is 564 g/mol. The van der Waals surface area contributed by atoms with Crippen molar-refractivity contribution in [2.24, 2.45) is 5.92 Å². The van der Waals surface area contributed by atoms with Gasteiger partial charge in [0, 0.05) is 26.0 Å². The lowest BCUT2D eigenvalue weighted by Gasteiger charge is -2.33. The highest BCUT2D eigenvalue weighted by Gasteiger charge is 2.37. The zero-order valence-electron chi connectivity index (χ0n) is 24.3. The number of hydrogen-bond acceptors (Lipinski definition) is 10. The summed E-state index contributed by atoms with van der Waals surface area (Å²) in [5.74, 6) is -1.52. The van der Waals surface area contributed by atoms with E-state index in [1.807, 2.05) is 0 Å². The van der Waals surface area contributed by atoms with E-state index in [1.54, 1.807) is 6.92 Å². The van der Waals surface area contributed by atoms with Gasteiger partial charge in [0.15, 0.2) is 11.4 Å². The second-order valence-electron chi connectivity index (χ2n) is 10.8. The summed E-state index contributed by atoms with van der Waals surface area (Å²) in [5.41, 5.74) is -0.175. The van der Waals surface area contributed by atoms with Crippen LogP contribution in [0.15, 0.2) is 12.3 Å². The number of nitrogens with one attached hydrogen (secondary N) is 1. The molecule has 3 rings (SSSR count). The molecule has 1 aromatic heterocycles. The summed E-state index contributed by atoms with van der Waals surface area (Å²) in [5, 5.41) is 2.73. The molecular formula is C29H44N2O9. The molecule has 4 unspecified atom stereocenters. The molecule has 11 heteroatoms. The van der Waals surface area contributed by atoms with Crippen LogP contribution in [0.3, 0.4) is 0 Å². The van der Waals surface area contributed by atoms with Gasteiger partial charge in [0.1, 0.15) is 18.2 Å². The zero-order valence-corrected chi connectivity index (χ0v) is 24.3. The molecule has 0 radical (unpaired) electrons. The Hall–Kier alpha value is -2.76. The van der Waals surface area contributed by atoms with Crippen LogP contribution in [0.1, 0.15) is 82.6 Å². The molecule has 11 nitrogen and oxygen atoms in total. The summed E-state index contributed by atoms with van der Waals surface area (Å²) in [6.45, 7) is 6.62. The number of cyclic esters (lactones) is 1. The van der Waals surface area contributed by atoms with Crippen LogP contribution in [-0.2, 0) is 28.5 Å². The molecule has 40 heavy (non-hydrogen) atoms. The van der Waals surface area contributed by atoms with Crippen molar-refractivity contribution in [1.29, 1.82) is 0 Å². The Balaban J connectivity index is 1.76. The van der Waals surface area contributed by atoms with Crippen molar-refractivity contribution >= 4 is 17.8 Å². The molecule has 1 amide bonds. The lowest BCUT2D eigenvalue weighted by atomic mass is 10.0.